The van der Waals surface area contributed by atoms with Crippen molar-refractivity contribution in [3.63, 3.8) is 0 Å². The van der Waals surface area contributed by atoms with Gasteiger partial charge in [0, 0.05) is 43.2 Å². The maximum Gasteiger partial charge on any atom is 0.252 e. The van der Waals surface area contributed by atoms with Gasteiger partial charge in [-0.15, -0.1) is 0 Å². The molecule has 1 N–H and O–H groups in total. The van der Waals surface area contributed by atoms with E-state index in [1.165, 1.54) is 17.0 Å². The molecule has 2 amide bonds. The highest BCUT2D eigenvalue weighted by Crippen LogP contribution is 2.32. The van der Waals surface area contributed by atoms with Crippen molar-refractivity contribution in [1.82, 2.24) is 14.9 Å². The van der Waals surface area contributed by atoms with Gasteiger partial charge in [0.05, 0.1) is 10.6 Å². The number of amides is 2. The second-order valence-corrected chi connectivity index (χ2v) is 11.8. The molecule has 2 heterocycles. The van der Waals surface area contributed by atoms with Crippen LogP contribution in [0.1, 0.15) is 20.3 Å². The van der Waals surface area contributed by atoms with Crippen LogP contribution in [-0.2, 0) is 19.4 Å². The van der Waals surface area contributed by atoms with Gasteiger partial charge in [-0.05, 0) is 41.5 Å². The van der Waals surface area contributed by atoms with Crippen LogP contribution in [0, 0.1) is 5.41 Å². The van der Waals surface area contributed by atoms with Gasteiger partial charge in [-0.2, -0.15) is 0 Å². The third kappa shape index (κ3) is 4.87. The highest BCUT2D eigenvalue weighted by atomic mass is 35.5. The van der Waals surface area contributed by atoms with Gasteiger partial charge in [-0.1, -0.05) is 37.6 Å². The Kier molecular flexibility index (Phi) is 6.43. The number of fused-ring (bicyclic) bond motifs is 1. The van der Waals surface area contributed by atoms with E-state index in [0.717, 1.165) is 11.8 Å². The molecule has 2 aromatic carbocycles. The first-order chi connectivity index (χ1) is 15.5. The van der Waals surface area contributed by atoms with Crippen molar-refractivity contribution in [2.24, 2.45) is 5.41 Å². The number of carbonyl (C=O) groups is 2. The maximum absolute atomic E-state index is 12.9. The number of hydrogen-bond donors (Lipinski definition) is 1. The van der Waals surface area contributed by atoms with E-state index in [2.05, 4.69) is 0 Å². The van der Waals surface area contributed by atoms with Gasteiger partial charge in [0.1, 0.15) is 6.10 Å². The van der Waals surface area contributed by atoms with Crippen LogP contribution >= 0.6 is 11.6 Å². The molecule has 1 atom stereocenters. The SMILES string of the molecule is CC1(C)CCN(N2CCN(C(=O)C(O)CS(=O)(=O)c3ccc4cc(Cl)ccc4c3)CC2)C1=O. The smallest absolute Gasteiger partial charge is 0.252 e. The Bertz CT molecular complexity index is 1190. The number of halogens is 1. The summed E-state index contributed by atoms with van der Waals surface area (Å²) in [5, 5.41) is 16.2. The fourth-order valence-electron chi connectivity index (χ4n) is 4.35. The quantitative estimate of drug-likeness (QED) is 0.683. The van der Waals surface area contributed by atoms with Gasteiger partial charge < -0.3 is 10.0 Å². The van der Waals surface area contributed by atoms with Gasteiger partial charge in [-0.3, -0.25) is 14.6 Å². The molecule has 0 saturated carbocycles. The second kappa shape index (κ2) is 8.87. The minimum absolute atomic E-state index is 0.0455. The highest BCUT2D eigenvalue weighted by molar-refractivity contribution is 7.91. The van der Waals surface area contributed by atoms with E-state index in [1.54, 1.807) is 29.3 Å². The maximum atomic E-state index is 12.9. The summed E-state index contributed by atoms with van der Waals surface area (Å²) in [5.41, 5.74) is -0.382. The van der Waals surface area contributed by atoms with Crippen LogP contribution in [-0.4, -0.2) is 84.8 Å². The molecule has 2 fully saturated rings. The zero-order valence-corrected chi connectivity index (χ0v) is 20.3. The molecule has 2 aromatic rings. The molecule has 178 valence electrons. The molecule has 10 heteroatoms. The molecular formula is C23H28ClN3O5S. The Labute approximate surface area is 198 Å². The van der Waals surface area contributed by atoms with E-state index < -0.39 is 27.6 Å². The lowest BCUT2D eigenvalue weighted by molar-refractivity contribution is -0.155. The summed E-state index contributed by atoms with van der Waals surface area (Å²) in [6, 6.07) is 9.77. The van der Waals surface area contributed by atoms with Crippen molar-refractivity contribution in [2.45, 2.75) is 31.3 Å². The van der Waals surface area contributed by atoms with Gasteiger partial charge in [0.25, 0.3) is 5.91 Å². The summed E-state index contributed by atoms with van der Waals surface area (Å²) in [6.45, 7) is 6.06. The Hall–Kier alpha value is -2.20. The Morgan fingerprint density at radius 2 is 1.70 bits per heavy atom. The normalized spacial score (nSPS) is 20.4. The summed E-state index contributed by atoms with van der Waals surface area (Å²) >= 11 is 5.98. The van der Waals surface area contributed by atoms with Crippen LogP contribution in [0.4, 0.5) is 0 Å². The Morgan fingerprint density at radius 1 is 1.06 bits per heavy atom. The minimum atomic E-state index is -3.88. The van der Waals surface area contributed by atoms with E-state index in [0.29, 0.717) is 43.1 Å². The van der Waals surface area contributed by atoms with Crippen molar-refractivity contribution in [3.05, 3.63) is 41.4 Å². The first-order valence-electron chi connectivity index (χ1n) is 10.9. The monoisotopic (exact) mass is 493 g/mol. The summed E-state index contributed by atoms with van der Waals surface area (Å²) < 4.78 is 25.7. The first-order valence-corrected chi connectivity index (χ1v) is 13.0. The van der Waals surface area contributed by atoms with Crippen LogP contribution in [0.25, 0.3) is 10.8 Å². The van der Waals surface area contributed by atoms with E-state index in [9.17, 15) is 23.1 Å². The summed E-state index contributed by atoms with van der Waals surface area (Å²) in [5.74, 6) is -1.23. The molecular weight excluding hydrogens is 466 g/mol. The molecule has 8 nitrogen and oxygen atoms in total. The number of piperazine rings is 1. The van der Waals surface area contributed by atoms with Crippen molar-refractivity contribution in [2.75, 3.05) is 38.5 Å². The zero-order chi connectivity index (χ0) is 24.0. The van der Waals surface area contributed by atoms with Crippen LogP contribution in [0.3, 0.4) is 0 Å². The lowest BCUT2D eigenvalue weighted by Gasteiger charge is -2.40. The molecule has 0 spiro atoms. The number of aliphatic hydroxyl groups excluding tert-OH is 1. The van der Waals surface area contributed by atoms with Crippen molar-refractivity contribution < 1.29 is 23.1 Å². The summed E-state index contributed by atoms with van der Waals surface area (Å²) in [7, 11) is -3.88. The van der Waals surface area contributed by atoms with Gasteiger partial charge >= 0.3 is 0 Å². The standard InChI is InChI=1S/C23H28ClN3O5S/c1-23(2)7-8-27(22(23)30)26-11-9-25(10-12-26)21(29)20(28)15-33(31,32)19-6-4-16-13-18(24)5-3-17(16)14-19/h3-6,13-14,20,28H,7-12,15H2,1-2H3. The van der Waals surface area contributed by atoms with Gasteiger partial charge in [0.2, 0.25) is 5.91 Å². The average molecular weight is 494 g/mol. The fraction of sp³-hybridized carbons (Fsp3) is 0.478. The molecule has 2 aliphatic heterocycles. The molecule has 0 aliphatic carbocycles. The Morgan fingerprint density at radius 3 is 2.33 bits per heavy atom. The van der Waals surface area contributed by atoms with E-state index in [-0.39, 0.29) is 16.2 Å². The van der Waals surface area contributed by atoms with E-state index in [4.69, 9.17) is 11.6 Å². The number of hydrazine groups is 1. The van der Waals surface area contributed by atoms with Crippen LogP contribution < -0.4 is 0 Å². The summed E-state index contributed by atoms with van der Waals surface area (Å²) in [6.07, 6.45) is -0.876. The van der Waals surface area contributed by atoms with Crippen molar-refractivity contribution >= 4 is 44.0 Å². The number of hydrogen-bond acceptors (Lipinski definition) is 6. The molecule has 4 rings (SSSR count). The molecule has 2 saturated heterocycles. The predicted octanol–water partition coefficient (Wildman–Crippen LogP) is 1.95. The number of rotatable bonds is 5. The van der Waals surface area contributed by atoms with Crippen LogP contribution in [0.2, 0.25) is 5.02 Å². The summed E-state index contributed by atoms with van der Waals surface area (Å²) in [4.78, 5) is 26.8. The molecule has 2 aliphatic rings. The largest absolute Gasteiger partial charge is 0.382 e. The number of nitrogens with zero attached hydrogens (tertiary/aromatic N) is 3. The molecule has 33 heavy (non-hydrogen) atoms. The highest BCUT2D eigenvalue weighted by Gasteiger charge is 2.42. The third-order valence-corrected chi connectivity index (χ3v) is 8.43. The van der Waals surface area contributed by atoms with Crippen LogP contribution in [0.15, 0.2) is 41.3 Å². The molecule has 0 bridgehead atoms. The predicted molar refractivity (Wildman–Crippen MR) is 125 cm³/mol. The zero-order valence-electron chi connectivity index (χ0n) is 18.7. The van der Waals surface area contributed by atoms with Crippen LogP contribution in [0.5, 0.6) is 0 Å². The number of carbonyl (C=O) groups excluding carboxylic acids is 2. The van der Waals surface area contributed by atoms with Crippen molar-refractivity contribution in [1.29, 1.82) is 0 Å². The number of aliphatic hydroxyl groups is 1. The lowest BCUT2D eigenvalue weighted by atomic mass is 9.92. The minimum Gasteiger partial charge on any atom is -0.382 e. The van der Waals surface area contributed by atoms with E-state index >= 15 is 0 Å². The Balaban J connectivity index is 1.37. The van der Waals surface area contributed by atoms with Gasteiger partial charge in [-0.25, -0.2) is 13.4 Å². The number of sulfone groups is 1. The number of benzene rings is 2. The van der Waals surface area contributed by atoms with Crippen molar-refractivity contribution in [3.8, 4) is 0 Å². The lowest BCUT2D eigenvalue weighted by Crippen LogP contribution is -2.57. The molecule has 0 radical (unpaired) electrons. The average Bonchev–Trinajstić information content (AvgIpc) is 3.05. The molecule has 0 aromatic heterocycles. The topological polar surface area (TPSA) is 98.2 Å². The first kappa shape index (κ1) is 23.9. The second-order valence-electron chi connectivity index (χ2n) is 9.29. The van der Waals surface area contributed by atoms with E-state index in [1.807, 2.05) is 18.9 Å². The molecule has 1 unspecified atom stereocenters. The third-order valence-electron chi connectivity index (χ3n) is 6.47. The van der Waals surface area contributed by atoms with Gasteiger partial charge in [0.15, 0.2) is 9.84 Å². The fourth-order valence-corrected chi connectivity index (χ4v) is 5.86.